The predicted octanol–water partition coefficient (Wildman–Crippen LogP) is 4.76. The number of halogens is 2. The number of ether oxygens (including phenoxy) is 1. The van der Waals surface area contributed by atoms with Gasteiger partial charge in [-0.15, -0.1) is 11.3 Å². The zero-order valence-corrected chi connectivity index (χ0v) is 10.7. The van der Waals surface area contributed by atoms with E-state index >= 15 is 0 Å². The summed E-state index contributed by atoms with van der Waals surface area (Å²) in [5.74, 6) is -0.0811. The summed E-state index contributed by atoms with van der Waals surface area (Å²) < 4.78 is 32.6. The van der Waals surface area contributed by atoms with Gasteiger partial charge >= 0.3 is 0 Å². The summed E-state index contributed by atoms with van der Waals surface area (Å²) in [5.41, 5.74) is 0. The van der Waals surface area contributed by atoms with Gasteiger partial charge in [0, 0.05) is 15.6 Å². The van der Waals surface area contributed by atoms with Gasteiger partial charge in [0.2, 0.25) is 0 Å². The highest BCUT2D eigenvalue weighted by atomic mass is 32.1. The maximum atomic E-state index is 13.1. The minimum absolute atomic E-state index is 0.247. The van der Waals surface area contributed by atoms with Crippen LogP contribution in [0.4, 0.5) is 8.78 Å². The molecular weight excluding hydrogens is 266 g/mol. The van der Waals surface area contributed by atoms with Crippen molar-refractivity contribution in [2.24, 2.45) is 0 Å². The van der Waals surface area contributed by atoms with Crippen molar-refractivity contribution in [1.29, 1.82) is 0 Å². The van der Waals surface area contributed by atoms with Crippen molar-refractivity contribution in [3.8, 4) is 5.75 Å². The first kappa shape index (κ1) is 12.1. The first-order chi connectivity index (χ1) is 9.20. The number of hydrogen-bond acceptors (Lipinski definition) is 2. The monoisotopic (exact) mass is 276 g/mol. The average Bonchev–Trinajstić information content (AvgIpc) is 2.78. The van der Waals surface area contributed by atoms with Crippen molar-refractivity contribution in [2.75, 3.05) is 0 Å². The van der Waals surface area contributed by atoms with E-state index in [-0.39, 0.29) is 11.6 Å². The number of benzene rings is 2. The third kappa shape index (κ3) is 2.74. The van der Waals surface area contributed by atoms with E-state index in [2.05, 4.69) is 0 Å². The Hall–Kier alpha value is -1.94. The Morgan fingerprint density at radius 2 is 1.79 bits per heavy atom. The molecule has 0 spiro atoms. The van der Waals surface area contributed by atoms with E-state index in [1.54, 1.807) is 29.5 Å². The zero-order valence-electron chi connectivity index (χ0n) is 9.90. The normalized spacial score (nSPS) is 10.8. The van der Waals surface area contributed by atoms with Crippen LogP contribution in [0.3, 0.4) is 0 Å². The standard InChI is InChI=1S/C15H10F2OS/c16-11-2-1-3-13(8-11)18-9-14-7-10-6-12(17)4-5-15(10)19-14/h1-8H,9H2. The van der Waals surface area contributed by atoms with Crippen LogP contribution in [0, 0.1) is 11.6 Å². The largest absolute Gasteiger partial charge is 0.488 e. The number of fused-ring (bicyclic) bond motifs is 1. The summed E-state index contributed by atoms with van der Waals surface area (Å²) in [6.45, 7) is 0.352. The molecule has 0 saturated heterocycles. The Bertz CT molecular complexity index is 721. The van der Waals surface area contributed by atoms with Gasteiger partial charge in [-0.3, -0.25) is 0 Å². The molecule has 96 valence electrons. The molecule has 3 rings (SSSR count). The molecular formula is C15H10F2OS. The van der Waals surface area contributed by atoms with E-state index in [9.17, 15) is 8.78 Å². The van der Waals surface area contributed by atoms with Crippen molar-refractivity contribution in [2.45, 2.75) is 6.61 Å². The van der Waals surface area contributed by atoms with Gasteiger partial charge in [0.25, 0.3) is 0 Å². The molecule has 3 aromatic rings. The maximum absolute atomic E-state index is 13.1. The molecule has 0 N–H and O–H groups in total. The summed E-state index contributed by atoms with van der Waals surface area (Å²) >= 11 is 1.54. The average molecular weight is 276 g/mol. The van der Waals surface area contributed by atoms with E-state index in [1.165, 1.54) is 24.3 Å². The minimum atomic E-state index is -0.323. The lowest BCUT2D eigenvalue weighted by molar-refractivity contribution is 0.308. The molecule has 0 radical (unpaired) electrons. The molecule has 0 amide bonds. The molecule has 0 aliphatic carbocycles. The topological polar surface area (TPSA) is 9.23 Å². The predicted molar refractivity (Wildman–Crippen MR) is 72.5 cm³/mol. The van der Waals surface area contributed by atoms with Crippen LogP contribution in [0.15, 0.2) is 48.5 Å². The van der Waals surface area contributed by atoms with Crippen molar-refractivity contribution in [3.05, 3.63) is 65.0 Å². The third-order valence-corrected chi connectivity index (χ3v) is 3.80. The Balaban J connectivity index is 1.78. The van der Waals surface area contributed by atoms with Gasteiger partial charge in [-0.25, -0.2) is 8.78 Å². The molecule has 4 heteroatoms. The summed E-state index contributed by atoms with van der Waals surface area (Å²) in [7, 11) is 0. The molecule has 19 heavy (non-hydrogen) atoms. The Morgan fingerprint density at radius 1 is 0.947 bits per heavy atom. The first-order valence-electron chi connectivity index (χ1n) is 5.77. The Labute approximate surface area is 113 Å². The van der Waals surface area contributed by atoms with E-state index in [1.807, 2.05) is 6.07 Å². The SMILES string of the molecule is Fc1cccc(OCc2cc3cc(F)ccc3s2)c1. The molecule has 0 fully saturated rings. The Kier molecular flexibility index (Phi) is 3.17. The zero-order chi connectivity index (χ0) is 13.2. The summed E-state index contributed by atoms with van der Waals surface area (Å²) in [6.07, 6.45) is 0. The number of hydrogen-bond donors (Lipinski definition) is 0. The molecule has 1 heterocycles. The third-order valence-electron chi connectivity index (χ3n) is 2.71. The highest BCUT2D eigenvalue weighted by Gasteiger charge is 2.04. The van der Waals surface area contributed by atoms with Gasteiger partial charge in [-0.2, -0.15) is 0 Å². The van der Waals surface area contributed by atoms with Crippen LogP contribution in [-0.4, -0.2) is 0 Å². The van der Waals surface area contributed by atoms with Gasteiger partial charge in [0.05, 0.1) is 0 Å². The summed E-state index contributed by atoms with van der Waals surface area (Å²) in [6, 6.07) is 12.6. The highest BCUT2D eigenvalue weighted by molar-refractivity contribution is 7.19. The fraction of sp³-hybridized carbons (Fsp3) is 0.0667. The summed E-state index contributed by atoms with van der Waals surface area (Å²) in [4.78, 5) is 0.977. The minimum Gasteiger partial charge on any atom is -0.488 e. The quantitative estimate of drug-likeness (QED) is 0.670. The van der Waals surface area contributed by atoms with Gasteiger partial charge in [0.1, 0.15) is 24.0 Å². The summed E-state index contributed by atoms with van der Waals surface area (Å²) in [5, 5.41) is 0.864. The fourth-order valence-electron chi connectivity index (χ4n) is 1.85. The molecule has 0 aliphatic rings. The second-order valence-electron chi connectivity index (χ2n) is 4.14. The van der Waals surface area contributed by atoms with Gasteiger partial charge in [0.15, 0.2) is 0 Å². The smallest absolute Gasteiger partial charge is 0.126 e. The second-order valence-corrected chi connectivity index (χ2v) is 5.31. The second kappa shape index (κ2) is 4.97. The lowest BCUT2D eigenvalue weighted by Gasteiger charge is -2.03. The van der Waals surface area contributed by atoms with Crippen LogP contribution < -0.4 is 4.74 Å². The molecule has 0 saturated carbocycles. The van der Waals surface area contributed by atoms with Crippen molar-refractivity contribution in [3.63, 3.8) is 0 Å². The van der Waals surface area contributed by atoms with Crippen LogP contribution in [-0.2, 0) is 6.61 Å². The van der Waals surface area contributed by atoms with Crippen LogP contribution >= 0.6 is 11.3 Å². The molecule has 2 aromatic carbocycles. The van der Waals surface area contributed by atoms with Crippen molar-refractivity contribution < 1.29 is 13.5 Å². The maximum Gasteiger partial charge on any atom is 0.126 e. The first-order valence-corrected chi connectivity index (χ1v) is 6.59. The van der Waals surface area contributed by atoms with Crippen molar-refractivity contribution >= 4 is 21.4 Å². The number of thiophene rings is 1. The molecule has 0 unspecified atom stereocenters. The van der Waals surface area contributed by atoms with E-state index in [4.69, 9.17) is 4.74 Å². The number of rotatable bonds is 3. The van der Waals surface area contributed by atoms with Gasteiger partial charge < -0.3 is 4.74 Å². The molecule has 1 nitrogen and oxygen atoms in total. The van der Waals surface area contributed by atoms with Crippen LogP contribution in [0.25, 0.3) is 10.1 Å². The lowest BCUT2D eigenvalue weighted by atomic mass is 10.2. The molecule has 0 aliphatic heterocycles. The fourth-order valence-corrected chi connectivity index (χ4v) is 2.81. The van der Waals surface area contributed by atoms with Crippen molar-refractivity contribution in [1.82, 2.24) is 0 Å². The Morgan fingerprint density at radius 3 is 2.63 bits per heavy atom. The van der Waals surface area contributed by atoms with Gasteiger partial charge in [-0.1, -0.05) is 6.07 Å². The van der Waals surface area contributed by atoms with E-state index in [0.717, 1.165) is 15.0 Å². The van der Waals surface area contributed by atoms with Crippen LogP contribution in [0.5, 0.6) is 5.75 Å². The molecule has 0 bridgehead atoms. The van der Waals surface area contributed by atoms with E-state index < -0.39 is 0 Å². The lowest BCUT2D eigenvalue weighted by Crippen LogP contribution is -1.92. The van der Waals surface area contributed by atoms with Crippen LogP contribution in [0.2, 0.25) is 0 Å². The molecule has 0 atom stereocenters. The molecule has 1 aromatic heterocycles. The van der Waals surface area contributed by atoms with Crippen LogP contribution in [0.1, 0.15) is 4.88 Å². The van der Waals surface area contributed by atoms with E-state index in [0.29, 0.717) is 12.4 Å². The highest BCUT2D eigenvalue weighted by Crippen LogP contribution is 2.27. The van der Waals surface area contributed by atoms with Gasteiger partial charge in [-0.05, 0) is 41.8 Å².